The number of methoxy groups -OCH3 is 2. The molecule has 0 spiro atoms. The molecule has 0 saturated heterocycles. The molecule has 0 aliphatic carbocycles. The minimum absolute atomic E-state index is 0.0416. The van der Waals surface area contributed by atoms with Gasteiger partial charge in [0.25, 0.3) is 0 Å². The highest BCUT2D eigenvalue weighted by molar-refractivity contribution is 7.15. The van der Waals surface area contributed by atoms with Gasteiger partial charge in [-0.25, -0.2) is 13.8 Å². The van der Waals surface area contributed by atoms with Crippen LogP contribution in [-0.2, 0) is 16.0 Å². The lowest BCUT2D eigenvalue weighted by atomic mass is 10.1. The van der Waals surface area contributed by atoms with Crippen molar-refractivity contribution in [2.75, 3.05) is 19.5 Å². The van der Waals surface area contributed by atoms with Crippen molar-refractivity contribution in [3.05, 3.63) is 63.6 Å². The average molecular weight is 478 g/mol. The molecule has 0 radical (unpaired) electrons. The molecule has 0 saturated carbocycles. The average Bonchev–Trinajstić information content (AvgIpc) is 3.30. The summed E-state index contributed by atoms with van der Waals surface area (Å²) in [5.41, 5.74) is 1.65. The van der Waals surface area contributed by atoms with Crippen molar-refractivity contribution in [2.45, 2.75) is 13.3 Å². The number of aromatic nitrogens is 2. The van der Waals surface area contributed by atoms with E-state index in [1.54, 1.807) is 21.9 Å². The van der Waals surface area contributed by atoms with Crippen LogP contribution >= 0.6 is 22.9 Å². The lowest BCUT2D eigenvalue weighted by Crippen LogP contribution is -2.08. The summed E-state index contributed by atoms with van der Waals surface area (Å²) in [6, 6.07) is 7.53. The fourth-order valence-electron chi connectivity index (χ4n) is 3.35. The van der Waals surface area contributed by atoms with Gasteiger partial charge in [0.1, 0.15) is 28.9 Å². The molecule has 0 aliphatic rings. The summed E-state index contributed by atoms with van der Waals surface area (Å²) in [5.74, 6) is -1.80. The molecule has 0 unspecified atom stereocenters. The highest BCUT2D eigenvalue weighted by atomic mass is 35.5. The largest absolute Gasteiger partial charge is 0.497 e. The zero-order valence-corrected chi connectivity index (χ0v) is 18.9. The number of esters is 1. The number of nitrogens with zero attached hydrogens (tertiary/aromatic N) is 2. The number of para-hydroxylation sites is 1. The number of aryl methyl sites for hydroxylation is 1. The van der Waals surface area contributed by atoms with Crippen molar-refractivity contribution in [1.29, 1.82) is 0 Å². The number of imidazole rings is 1. The van der Waals surface area contributed by atoms with Crippen molar-refractivity contribution in [1.82, 2.24) is 9.38 Å². The van der Waals surface area contributed by atoms with Crippen LogP contribution < -0.4 is 10.1 Å². The second-order valence-electron chi connectivity index (χ2n) is 6.93. The van der Waals surface area contributed by atoms with E-state index in [1.165, 1.54) is 25.6 Å². The molecule has 32 heavy (non-hydrogen) atoms. The standard InChI is InChI=1S/C22H18ClF2N3O3S/c1-11-5-4-6-14(23)19(11)26-21-20(18-15(24)8-13(30-2)9-16(18)25)27-22-28(21)12(10-32-22)7-17(29)31-3/h4-6,8-10,26H,7H2,1-3H3. The van der Waals surface area contributed by atoms with Gasteiger partial charge >= 0.3 is 5.97 Å². The summed E-state index contributed by atoms with van der Waals surface area (Å²) in [6.45, 7) is 1.85. The van der Waals surface area contributed by atoms with Crippen LogP contribution in [0.4, 0.5) is 20.3 Å². The van der Waals surface area contributed by atoms with Crippen molar-refractivity contribution in [2.24, 2.45) is 0 Å². The van der Waals surface area contributed by atoms with Crippen molar-refractivity contribution >= 4 is 45.4 Å². The molecular formula is C22H18ClF2N3O3S. The highest BCUT2D eigenvalue weighted by Crippen LogP contribution is 2.40. The van der Waals surface area contributed by atoms with Crippen molar-refractivity contribution in [3.8, 4) is 17.0 Å². The van der Waals surface area contributed by atoms with Crippen LogP contribution in [0.2, 0.25) is 5.02 Å². The SMILES string of the molecule is COC(=O)Cc1csc2nc(-c3c(F)cc(OC)cc3F)c(Nc3c(C)cccc3Cl)n12. The van der Waals surface area contributed by atoms with E-state index in [-0.39, 0.29) is 29.2 Å². The Labute approximate surface area is 191 Å². The van der Waals surface area contributed by atoms with Crippen LogP contribution in [0.15, 0.2) is 35.7 Å². The van der Waals surface area contributed by atoms with Gasteiger partial charge in [-0.1, -0.05) is 23.7 Å². The third kappa shape index (κ3) is 3.89. The first-order valence-corrected chi connectivity index (χ1v) is 10.7. The van der Waals surface area contributed by atoms with E-state index in [9.17, 15) is 13.6 Å². The summed E-state index contributed by atoms with van der Waals surface area (Å²) in [4.78, 5) is 16.8. The summed E-state index contributed by atoms with van der Waals surface area (Å²) in [5, 5.41) is 5.36. The van der Waals surface area contributed by atoms with Gasteiger partial charge in [0.15, 0.2) is 4.96 Å². The quantitative estimate of drug-likeness (QED) is 0.357. The van der Waals surface area contributed by atoms with Gasteiger partial charge in [-0.05, 0) is 18.6 Å². The summed E-state index contributed by atoms with van der Waals surface area (Å²) in [6.07, 6.45) is -0.0456. The number of rotatable bonds is 6. The predicted octanol–water partition coefficient (Wildman–Crippen LogP) is 5.77. The van der Waals surface area contributed by atoms with Crippen LogP contribution in [0, 0.1) is 18.6 Å². The zero-order chi connectivity index (χ0) is 23.0. The molecule has 0 bridgehead atoms. The molecule has 166 valence electrons. The number of carbonyl (C=O) groups is 1. The van der Waals surface area contributed by atoms with Gasteiger partial charge in [0.05, 0.1) is 36.9 Å². The Bertz CT molecular complexity index is 1290. The van der Waals surface area contributed by atoms with E-state index in [1.807, 2.05) is 13.0 Å². The Hall–Kier alpha value is -3.17. The Morgan fingerprint density at radius 3 is 2.59 bits per heavy atom. The molecular weight excluding hydrogens is 460 g/mol. The smallest absolute Gasteiger partial charge is 0.311 e. The Balaban J connectivity index is 1.98. The number of benzene rings is 2. The van der Waals surface area contributed by atoms with E-state index in [4.69, 9.17) is 21.1 Å². The Morgan fingerprint density at radius 1 is 1.25 bits per heavy atom. The first-order chi connectivity index (χ1) is 15.3. The van der Waals surface area contributed by atoms with Crippen LogP contribution in [0.1, 0.15) is 11.3 Å². The van der Waals surface area contributed by atoms with Gasteiger partial charge in [-0.3, -0.25) is 9.20 Å². The number of hydrogen-bond acceptors (Lipinski definition) is 6. The molecule has 0 amide bonds. The van der Waals surface area contributed by atoms with Crippen LogP contribution in [-0.4, -0.2) is 29.6 Å². The van der Waals surface area contributed by atoms with Gasteiger partial charge in [0.2, 0.25) is 0 Å². The molecule has 4 rings (SSSR count). The third-order valence-electron chi connectivity index (χ3n) is 4.94. The van der Waals surface area contributed by atoms with Gasteiger partial charge in [-0.15, -0.1) is 11.3 Å². The molecule has 2 aromatic carbocycles. The molecule has 2 aromatic heterocycles. The van der Waals surface area contributed by atoms with Gasteiger partial charge in [-0.2, -0.15) is 0 Å². The van der Waals surface area contributed by atoms with E-state index in [0.717, 1.165) is 17.7 Å². The summed E-state index contributed by atoms with van der Waals surface area (Å²) in [7, 11) is 2.62. The molecule has 10 heteroatoms. The fraction of sp³-hybridized carbons (Fsp3) is 0.182. The van der Waals surface area contributed by atoms with Gasteiger partial charge < -0.3 is 14.8 Å². The first kappa shape index (κ1) is 22.0. The number of fused-ring (bicyclic) bond motifs is 1. The molecule has 0 aliphatic heterocycles. The predicted molar refractivity (Wildman–Crippen MR) is 120 cm³/mol. The second kappa shape index (κ2) is 8.76. The number of thiazole rings is 1. The third-order valence-corrected chi connectivity index (χ3v) is 6.13. The van der Waals surface area contributed by atoms with Crippen LogP contribution in [0.3, 0.4) is 0 Å². The second-order valence-corrected chi connectivity index (χ2v) is 8.17. The number of ether oxygens (including phenoxy) is 2. The fourth-order valence-corrected chi connectivity index (χ4v) is 4.51. The lowest BCUT2D eigenvalue weighted by Gasteiger charge is -2.14. The van der Waals surface area contributed by atoms with E-state index in [2.05, 4.69) is 10.3 Å². The van der Waals surface area contributed by atoms with Gasteiger partial charge in [0, 0.05) is 23.2 Å². The monoisotopic (exact) mass is 477 g/mol. The highest BCUT2D eigenvalue weighted by Gasteiger charge is 2.25. The van der Waals surface area contributed by atoms with E-state index in [0.29, 0.717) is 21.4 Å². The number of anilines is 2. The molecule has 0 fully saturated rings. The molecule has 4 aromatic rings. The maximum absolute atomic E-state index is 15.0. The maximum Gasteiger partial charge on any atom is 0.311 e. The van der Waals surface area contributed by atoms with Crippen molar-refractivity contribution in [3.63, 3.8) is 0 Å². The molecule has 6 nitrogen and oxygen atoms in total. The Kier molecular flexibility index (Phi) is 6.03. The molecule has 0 atom stereocenters. The number of halogens is 3. The molecule has 1 N–H and O–H groups in total. The number of hydrogen-bond donors (Lipinski definition) is 1. The number of carbonyl (C=O) groups excluding carboxylic acids is 1. The van der Waals surface area contributed by atoms with E-state index < -0.39 is 17.6 Å². The van der Waals surface area contributed by atoms with Crippen LogP contribution in [0.5, 0.6) is 5.75 Å². The van der Waals surface area contributed by atoms with Crippen molar-refractivity contribution < 1.29 is 23.0 Å². The van der Waals surface area contributed by atoms with Crippen LogP contribution in [0.25, 0.3) is 16.2 Å². The zero-order valence-electron chi connectivity index (χ0n) is 17.3. The summed E-state index contributed by atoms with van der Waals surface area (Å²) < 4.78 is 41.3. The molecule has 2 heterocycles. The maximum atomic E-state index is 15.0. The topological polar surface area (TPSA) is 64.9 Å². The van der Waals surface area contributed by atoms with E-state index >= 15 is 0 Å². The Morgan fingerprint density at radius 2 is 1.97 bits per heavy atom. The minimum Gasteiger partial charge on any atom is -0.497 e. The summed E-state index contributed by atoms with van der Waals surface area (Å²) >= 11 is 7.63. The lowest BCUT2D eigenvalue weighted by molar-refractivity contribution is -0.139. The number of nitrogens with one attached hydrogen (secondary N) is 1. The first-order valence-electron chi connectivity index (χ1n) is 9.45. The minimum atomic E-state index is -0.832. The normalized spacial score (nSPS) is 11.1.